The highest BCUT2D eigenvalue weighted by atomic mass is 16.7. The van der Waals surface area contributed by atoms with Crippen molar-refractivity contribution in [3.63, 3.8) is 0 Å². The minimum absolute atomic E-state index is 0.0535. The number of carbonyl (C=O) groups is 2. The molecule has 3 aliphatic carbocycles. The quantitative estimate of drug-likeness (QED) is 0.0554. The first-order valence-corrected chi connectivity index (χ1v) is 21.1. The molecule has 6 rings (SSSR count). The van der Waals surface area contributed by atoms with E-state index in [1.165, 1.54) is 32.8 Å². The van der Waals surface area contributed by atoms with E-state index in [4.69, 9.17) is 28.9 Å². The van der Waals surface area contributed by atoms with Crippen molar-refractivity contribution in [1.82, 2.24) is 4.90 Å². The molecule has 2 aromatic carbocycles. The number of unbranched alkanes of at least 4 members (excludes halogenated alkanes) is 2. The molecule has 0 saturated heterocycles. The molecule has 0 aromatic heterocycles. The van der Waals surface area contributed by atoms with Crippen LogP contribution in [0.4, 0.5) is 0 Å². The van der Waals surface area contributed by atoms with Crippen molar-refractivity contribution in [2.24, 2.45) is 28.8 Å². The number of aldehydes is 1. The number of oxime groups is 1. The second-order valence-corrected chi connectivity index (χ2v) is 16.0. The summed E-state index contributed by atoms with van der Waals surface area (Å²) in [7, 11) is 3.40. The Bertz CT molecular complexity index is 1750. The van der Waals surface area contributed by atoms with Gasteiger partial charge in [-0.3, -0.25) is 9.59 Å². The zero-order valence-electron chi connectivity index (χ0n) is 34.0. The normalized spacial score (nSPS) is 25.8. The fourth-order valence-electron chi connectivity index (χ4n) is 9.91. The third-order valence-electron chi connectivity index (χ3n) is 12.6. The number of fused-ring (bicyclic) bond motifs is 2. The minimum Gasteiger partial charge on any atom is -0.496 e. The molecule has 1 aliphatic heterocycles. The van der Waals surface area contributed by atoms with E-state index in [0.717, 1.165) is 55.2 Å². The van der Waals surface area contributed by atoms with Crippen LogP contribution in [0.5, 0.6) is 23.0 Å². The first kappa shape index (κ1) is 42.4. The standard InChI is InChI=1S/C46H62N2O9/c1-5-25-54-46-42(48(3)43(52)22-17-31-13-7-8-14-31)29-39(47-55-6-2)37-27-32(15-9-11-23-49)36(16-10-12-24-50)44(45(37)46)38-28-35(19-21-41(38)57-46)56-34-18-20-40(53-4)33(26-34)30-51/h5,18-21,26-28,30-32,36,42,44-45,49-50H,1,6-17,22-25,29H2,2-4H3. The molecule has 1 heterocycles. The third kappa shape index (κ3) is 9.26. The van der Waals surface area contributed by atoms with E-state index in [1.807, 2.05) is 37.1 Å². The van der Waals surface area contributed by atoms with Gasteiger partial charge in [-0.2, -0.15) is 0 Å². The topological polar surface area (TPSA) is 136 Å². The van der Waals surface area contributed by atoms with Gasteiger partial charge >= 0.3 is 0 Å². The molecule has 1 amide bonds. The molecule has 57 heavy (non-hydrogen) atoms. The highest BCUT2D eigenvalue weighted by molar-refractivity contribution is 6.03. The second-order valence-electron chi connectivity index (χ2n) is 16.0. The Hall–Kier alpha value is -4.19. The van der Waals surface area contributed by atoms with Crippen LogP contribution in [0.3, 0.4) is 0 Å². The average molecular weight is 787 g/mol. The molecule has 11 nitrogen and oxygen atoms in total. The van der Waals surface area contributed by atoms with E-state index in [1.54, 1.807) is 24.3 Å². The Labute approximate surface area is 338 Å². The predicted octanol–water partition coefficient (Wildman–Crippen LogP) is 8.38. The fourth-order valence-corrected chi connectivity index (χ4v) is 9.91. The summed E-state index contributed by atoms with van der Waals surface area (Å²) in [5.41, 5.74) is 3.12. The smallest absolute Gasteiger partial charge is 0.239 e. The monoisotopic (exact) mass is 786 g/mol. The lowest BCUT2D eigenvalue weighted by molar-refractivity contribution is -0.255. The van der Waals surface area contributed by atoms with Crippen molar-refractivity contribution in [2.45, 2.75) is 108 Å². The molecule has 2 saturated carbocycles. The van der Waals surface area contributed by atoms with Crippen molar-refractivity contribution < 1.29 is 43.6 Å². The molecule has 4 aliphatic rings. The van der Waals surface area contributed by atoms with E-state index in [-0.39, 0.29) is 49.4 Å². The zero-order valence-corrected chi connectivity index (χ0v) is 34.0. The maximum atomic E-state index is 14.3. The number of methoxy groups -OCH3 is 1. The van der Waals surface area contributed by atoms with Crippen LogP contribution >= 0.6 is 0 Å². The Morgan fingerprint density at radius 1 is 1.04 bits per heavy atom. The molecule has 11 heteroatoms. The van der Waals surface area contributed by atoms with Gasteiger partial charge in [-0.25, -0.2) is 0 Å². The second kappa shape index (κ2) is 20.0. The summed E-state index contributed by atoms with van der Waals surface area (Å²) >= 11 is 0. The van der Waals surface area contributed by atoms with Gasteiger partial charge in [0.15, 0.2) is 6.29 Å². The molecule has 2 aromatic rings. The molecule has 6 unspecified atom stereocenters. The van der Waals surface area contributed by atoms with Gasteiger partial charge in [0.1, 0.15) is 35.6 Å². The number of carbonyl (C=O) groups excluding carboxylic acids is 2. The summed E-state index contributed by atoms with van der Waals surface area (Å²) in [6.45, 7) is 6.75. The van der Waals surface area contributed by atoms with Crippen LogP contribution in [0.25, 0.3) is 0 Å². The summed E-state index contributed by atoms with van der Waals surface area (Å²) in [5.74, 6) is 1.17. The number of likely N-dealkylation sites (N-methyl/N-ethyl adjacent to an activating group) is 1. The number of aliphatic hydroxyl groups is 2. The fraction of sp³-hybridized carbons (Fsp3) is 0.587. The number of benzene rings is 2. The van der Waals surface area contributed by atoms with Gasteiger partial charge in [-0.15, -0.1) is 6.58 Å². The van der Waals surface area contributed by atoms with Crippen molar-refractivity contribution in [3.05, 3.63) is 71.8 Å². The van der Waals surface area contributed by atoms with Crippen LogP contribution in [0.2, 0.25) is 0 Å². The van der Waals surface area contributed by atoms with E-state index in [0.29, 0.717) is 66.8 Å². The number of hydrogen-bond acceptors (Lipinski definition) is 10. The van der Waals surface area contributed by atoms with Gasteiger partial charge in [0.25, 0.3) is 0 Å². The Morgan fingerprint density at radius 2 is 1.77 bits per heavy atom. The van der Waals surface area contributed by atoms with E-state index in [9.17, 15) is 19.8 Å². The van der Waals surface area contributed by atoms with Gasteiger partial charge in [-0.05, 0) is 98.8 Å². The van der Waals surface area contributed by atoms with E-state index < -0.39 is 11.8 Å². The van der Waals surface area contributed by atoms with Gasteiger partial charge in [0.2, 0.25) is 11.7 Å². The molecule has 2 N–H and O–H groups in total. The van der Waals surface area contributed by atoms with Crippen LogP contribution in [-0.4, -0.2) is 85.4 Å². The number of rotatable bonds is 21. The number of allylic oxidation sites excluding steroid dienone is 1. The third-order valence-corrected chi connectivity index (χ3v) is 12.6. The summed E-state index contributed by atoms with van der Waals surface area (Å²) in [5, 5.41) is 24.5. The Kier molecular flexibility index (Phi) is 14.9. The number of ether oxygens (including phenoxy) is 4. The van der Waals surface area contributed by atoms with Crippen molar-refractivity contribution in [1.29, 1.82) is 0 Å². The molecule has 2 fully saturated rings. The van der Waals surface area contributed by atoms with Crippen LogP contribution in [-0.2, 0) is 14.4 Å². The van der Waals surface area contributed by atoms with Crippen molar-refractivity contribution in [2.75, 3.05) is 40.6 Å². The summed E-state index contributed by atoms with van der Waals surface area (Å²) in [6, 6.07) is 10.4. The van der Waals surface area contributed by atoms with E-state index in [2.05, 4.69) is 12.7 Å². The highest BCUT2D eigenvalue weighted by Crippen LogP contribution is 2.62. The van der Waals surface area contributed by atoms with Gasteiger partial charge in [-0.1, -0.05) is 55.8 Å². The molecule has 0 bridgehead atoms. The number of amides is 1. The molecular formula is C46H62N2O9. The first-order valence-electron chi connectivity index (χ1n) is 21.1. The lowest BCUT2D eigenvalue weighted by Crippen LogP contribution is -2.69. The predicted molar refractivity (Wildman–Crippen MR) is 219 cm³/mol. The highest BCUT2D eigenvalue weighted by Gasteiger charge is 2.65. The summed E-state index contributed by atoms with van der Waals surface area (Å²) in [4.78, 5) is 33.8. The van der Waals surface area contributed by atoms with Crippen LogP contribution < -0.4 is 14.2 Å². The van der Waals surface area contributed by atoms with Crippen molar-refractivity contribution >= 4 is 17.9 Å². The lowest BCUT2D eigenvalue weighted by atomic mass is 9.55. The Balaban J connectivity index is 1.51. The Morgan fingerprint density at radius 3 is 2.47 bits per heavy atom. The van der Waals surface area contributed by atoms with Crippen LogP contribution in [0, 0.1) is 23.7 Å². The lowest BCUT2D eigenvalue weighted by Gasteiger charge is -2.59. The molecule has 310 valence electrons. The zero-order chi connectivity index (χ0) is 40.4. The first-order chi connectivity index (χ1) is 27.8. The van der Waals surface area contributed by atoms with Crippen LogP contribution in [0.1, 0.15) is 112 Å². The minimum atomic E-state index is -1.29. The average Bonchev–Trinajstić information content (AvgIpc) is 3.76. The summed E-state index contributed by atoms with van der Waals surface area (Å²) < 4.78 is 26.1. The SMILES string of the molecule is C=CCOC12Oc3ccc(Oc4ccc(OC)c(C=O)c4)cc3C3C(CCCCO)C(CCCCO)C=C(C(=NOCC)CC1N(C)C(=O)CCC1CCCC1)C32. The molecule has 6 atom stereocenters. The maximum absolute atomic E-state index is 14.3. The largest absolute Gasteiger partial charge is 0.496 e. The van der Waals surface area contributed by atoms with Crippen LogP contribution in [0.15, 0.2) is 65.9 Å². The maximum Gasteiger partial charge on any atom is 0.239 e. The molecule has 0 radical (unpaired) electrons. The summed E-state index contributed by atoms with van der Waals surface area (Å²) in [6.07, 6.45) is 16.0. The van der Waals surface area contributed by atoms with Gasteiger partial charge < -0.3 is 38.9 Å². The number of aliphatic hydroxyl groups excluding tert-OH is 2. The number of nitrogens with zero attached hydrogens (tertiary/aromatic N) is 2. The molecule has 0 spiro atoms. The van der Waals surface area contributed by atoms with Crippen molar-refractivity contribution in [3.8, 4) is 23.0 Å². The van der Waals surface area contributed by atoms with E-state index >= 15 is 0 Å². The number of hydrogen-bond donors (Lipinski definition) is 2. The van der Waals surface area contributed by atoms with Gasteiger partial charge in [0.05, 0.1) is 30.9 Å². The van der Waals surface area contributed by atoms with Gasteiger partial charge in [0, 0.05) is 44.6 Å². The molecular weight excluding hydrogens is 725 g/mol.